The fraction of sp³-hybridized carbons (Fsp3) is 0.661. The van der Waals surface area contributed by atoms with Crippen LogP contribution in [-0.4, -0.2) is 223 Å². The van der Waals surface area contributed by atoms with Gasteiger partial charge in [0.2, 0.25) is 23.1 Å². The first-order chi connectivity index (χ1) is 42.2. The number of amides is 2. The van der Waals surface area contributed by atoms with E-state index in [9.17, 15) is 44.7 Å². The molecule has 2 amide bonds. The lowest BCUT2D eigenvalue weighted by Crippen LogP contribution is -2.65. The number of hydrogen-bond acceptors (Lipinski definition) is 27. The first-order valence-electron chi connectivity index (χ1n) is 28.7. The van der Waals surface area contributed by atoms with E-state index >= 15 is 0 Å². The van der Waals surface area contributed by atoms with Gasteiger partial charge in [-0.05, 0) is 88.4 Å². The third kappa shape index (κ3) is 17.3. The number of aliphatic hydroxyl groups excluding tert-OH is 4. The number of methoxy groups -OCH3 is 5. The number of fused-ring (bicyclic) bond motifs is 2. The number of Topliss-reactive ketones (excluding diaryl/α,β-unsaturated/α-hetero) is 1. The molecule has 0 aromatic heterocycles. The second kappa shape index (κ2) is 32.3. The van der Waals surface area contributed by atoms with Gasteiger partial charge in [-0.15, -0.1) is 0 Å². The van der Waals surface area contributed by atoms with Crippen LogP contribution < -0.4 is 36.1 Å². The molecule has 89 heavy (non-hydrogen) atoms. The largest absolute Gasteiger partial charge is 0.492 e. The van der Waals surface area contributed by atoms with E-state index in [0.29, 0.717) is 15.7 Å². The molecular formula is C59H81IN4O22S3. The molecule has 10 N–H and O–H groups in total. The number of carbonyl (C=O) groups is 4. The average Bonchev–Trinajstić information content (AvgIpc) is 0.821. The molecule has 30 heteroatoms. The third-order valence-electron chi connectivity index (χ3n) is 15.5. The summed E-state index contributed by atoms with van der Waals surface area (Å²) < 4.78 is 72.1. The van der Waals surface area contributed by atoms with Gasteiger partial charge in [-0.1, -0.05) is 70.0 Å². The average molecular weight is 1420 g/mol. The maximum atomic E-state index is 14.5. The molecule has 2 aliphatic carbocycles. The molecule has 26 nitrogen and oxygen atoms in total. The summed E-state index contributed by atoms with van der Waals surface area (Å²) in [7, 11) is 9.45. The van der Waals surface area contributed by atoms with Crippen LogP contribution in [0.2, 0.25) is 0 Å². The van der Waals surface area contributed by atoms with Crippen LogP contribution in [0.15, 0.2) is 35.1 Å². The van der Waals surface area contributed by atoms with Crippen LogP contribution in [0.1, 0.15) is 83.1 Å². The Bertz CT molecular complexity index is 2920. The highest BCUT2D eigenvalue weighted by Crippen LogP contribution is 2.49. The standard InChI is InChI=1S/C59H81IN4O22S3/c1-13-62-32-26-79-38(23-36(32)74-8)84-51-46(69)43(28(3)81-56(51)83-35-18-16-14-15-17-20-59(73)24-34(66)44(63-57(72)78-12)41(35)31(59)19-21-87-89-58(6,7)25-37(61)67)64-86-39-22-33(65)53(30(5)80-39)88-54(71)40-27(2)42(60)49(52(77-11)48(40)75-9)85-55-47(70)50(76-10)45(68)29(4)82-55/h14-15,19,28-30,32-33,35-36,38-39,43,45-47,50-51,53,55-56,62,64-65,68-70,73H,13,21-26H2,1-12H3,(H2,61,67)(H,63,72)/b15-14?,31-19+/t28-,29+,30-,32+,33+,35+,36+,38+,39+,43-,45+,46+,47-,50-,51-,53-,55+,56+,59+/m1/s1. The lowest BCUT2D eigenvalue weighted by molar-refractivity contribution is -0.336. The molecule has 19 atom stereocenters. The highest BCUT2D eigenvalue weighted by atomic mass is 127. The Morgan fingerprint density at radius 3 is 2.25 bits per heavy atom. The van der Waals surface area contributed by atoms with E-state index in [4.69, 9.17) is 67.4 Å². The SMILES string of the molecule is CCN[C@H]1CO[C@@H](O[C@H]2[C@H](O[C@H]3C#CC=CC#C[C@]4(O)CC(=O)C(NC(=O)OC)=C3/C4=C\CSSC(C)(C)CC(N)=O)O[C@H](C)[C@@H](NO[C@H]3C[C@H](O)[C@H](SC(=O)c4c(C)c(I)c(O[C@@H]5O[C@@H](C)[C@H](O)[C@@H](OC)[C@H]5O)c(OC)c4OC)[C@@H](C)O3)[C@@H]2O)C[C@@H]1OC. The molecule has 6 aliphatic rings. The topological polar surface area (TPSA) is 352 Å². The van der Waals surface area contributed by atoms with Gasteiger partial charge >= 0.3 is 6.09 Å². The van der Waals surface area contributed by atoms with Crippen LogP contribution in [-0.2, 0) is 57.1 Å². The van der Waals surface area contributed by atoms with Crippen molar-refractivity contribution in [2.45, 2.75) is 194 Å². The van der Waals surface area contributed by atoms with Gasteiger partial charge in [-0.2, -0.15) is 5.48 Å². The summed E-state index contributed by atoms with van der Waals surface area (Å²) >= 11 is 2.81. The summed E-state index contributed by atoms with van der Waals surface area (Å²) in [5, 5.41) is 62.9. The lowest BCUT2D eigenvalue weighted by Gasteiger charge is -2.46. The number of allylic oxidation sites excluding steroid dienone is 3. The number of hydroxylamine groups is 1. The molecule has 4 fully saturated rings. The highest BCUT2D eigenvalue weighted by Gasteiger charge is 2.52. The Morgan fingerprint density at radius 1 is 0.888 bits per heavy atom. The number of ether oxygens (including phenoxy) is 12. The molecule has 1 aromatic rings. The molecular weight excluding hydrogens is 1340 g/mol. The molecule has 7 rings (SSSR count). The van der Waals surface area contributed by atoms with E-state index in [2.05, 4.69) is 39.8 Å². The number of nitrogens with two attached hydrogens (primary N) is 1. The van der Waals surface area contributed by atoms with E-state index in [1.54, 1.807) is 40.9 Å². The number of nitrogens with one attached hydrogen (secondary N) is 3. The predicted molar refractivity (Wildman–Crippen MR) is 334 cm³/mol. The number of benzene rings is 1. The number of hydrogen-bond donors (Lipinski definition) is 9. The third-order valence-corrected chi connectivity index (χ3v) is 21.4. The number of halogens is 1. The van der Waals surface area contributed by atoms with Crippen molar-refractivity contribution in [3.8, 4) is 40.9 Å². The lowest BCUT2D eigenvalue weighted by atomic mass is 9.75. The summed E-state index contributed by atoms with van der Waals surface area (Å²) in [4.78, 5) is 59.7. The number of likely N-dealkylation sites (N-methyl/N-ethyl adjacent to an activating group) is 1. The van der Waals surface area contributed by atoms with Gasteiger partial charge in [0.15, 0.2) is 41.8 Å². The van der Waals surface area contributed by atoms with Gasteiger partial charge in [0, 0.05) is 55.1 Å². The molecule has 494 valence electrons. The Morgan fingerprint density at radius 2 is 1.60 bits per heavy atom. The fourth-order valence-corrected chi connectivity index (χ4v) is 15.2. The highest BCUT2D eigenvalue weighted by molar-refractivity contribution is 14.1. The minimum Gasteiger partial charge on any atom is -0.492 e. The Hall–Kier alpha value is -3.82. The van der Waals surface area contributed by atoms with Gasteiger partial charge in [-0.25, -0.2) is 4.79 Å². The van der Waals surface area contributed by atoms with Crippen LogP contribution in [0.5, 0.6) is 17.2 Å². The van der Waals surface area contributed by atoms with Crippen LogP contribution in [0.3, 0.4) is 0 Å². The van der Waals surface area contributed by atoms with Gasteiger partial charge < -0.3 is 93.4 Å². The minimum absolute atomic E-state index is 0.0161. The molecule has 1 aromatic carbocycles. The summed E-state index contributed by atoms with van der Waals surface area (Å²) in [6.45, 7) is 13.0. The van der Waals surface area contributed by atoms with Crippen molar-refractivity contribution in [2.24, 2.45) is 5.73 Å². The molecule has 0 radical (unpaired) electrons. The second-order valence-corrected chi connectivity index (χ2v) is 27.6. The van der Waals surface area contributed by atoms with Crippen LogP contribution in [0.25, 0.3) is 0 Å². The Labute approximate surface area is 543 Å². The normalized spacial score (nSPS) is 34.4. The molecule has 0 spiro atoms. The van der Waals surface area contributed by atoms with Crippen LogP contribution in [0.4, 0.5) is 4.79 Å². The van der Waals surface area contributed by atoms with Gasteiger partial charge in [-0.3, -0.25) is 24.5 Å². The summed E-state index contributed by atoms with van der Waals surface area (Å²) in [5.74, 6) is 10.5. The molecule has 0 unspecified atom stereocenters. The quantitative estimate of drug-likeness (QED) is 0.0236. The first-order valence-corrected chi connectivity index (χ1v) is 33.0. The van der Waals surface area contributed by atoms with Gasteiger partial charge in [0.05, 0.1) is 97.0 Å². The maximum Gasteiger partial charge on any atom is 0.411 e. The summed E-state index contributed by atoms with van der Waals surface area (Å²) in [5.41, 5.74) is 6.49. The number of alkyl carbamates (subject to hydrolysis) is 1. The zero-order valence-corrected chi connectivity index (χ0v) is 56.0. The van der Waals surface area contributed by atoms with Crippen molar-refractivity contribution in [1.29, 1.82) is 0 Å². The van der Waals surface area contributed by atoms with Crippen molar-refractivity contribution in [1.82, 2.24) is 16.1 Å². The van der Waals surface area contributed by atoms with E-state index in [1.165, 1.54) is 55.1 Å². The maximum absolute atomic E-state index is 14.5. The number of primary amides is 1. The summed E-state index contributed by atoms with van der Waals surface area (Å²) in [6, 6.07) is -1.33. The van der Waals surface area contributed by atoms with Gasteiger partial charge in [0.1, 0.15) is 36.6 Å². The van der Waals surface area contributed by atoms with E-state index < -0.39 is 143 Å². The van der Waals surface area contributed by atoms with Crippen molar-refractivity contribution in [2.75, 3.05) is 54.5 Å². The summed E-state index contributed by atoms with van der Waals surface area (Å²) in [6.07, 6.45) is -14.4. The van der Waals surface area contributed by atoms with E-state index in [1.807, 2.05) is 43.4 Å². The molecule has 2 bridgehead atoms. The Balaban J connectivity index is 1.13. The Kier molecular flexibility index (Phi) is 26.4. The monoisotopic (exact) mass is 1420 g/mol. The number of thioether (sulfide) groups is 1. The minimum atomic E-state index is -2.15. The van der Waals surface area contributed by atoms with Gasteiger partial charge in [0.25, 0.3) is 0 Å². The fourth-order valence-electron chi connectivity index (χ4n) is 11.1. The van der Waals surface area contributed by atoms with Crippen molar-refractivity contribution >= 4 is 78.8 Å². The zero-order valence-electron chi connectivity index (χ0n) is 51.4. The van der Waals surface area contributed by atoms with Crippen LogP contribution >= 0.6 is 55.9 Å². The van der Waals surface area contributed by atoms with E-state index in [0.717, 1.165) is 18.9 Å². The van der Waals surface area contributed by atoms with Crippen molar-refractivity contribution in [3.05, 3.63) is 49.8 Å². The second-order valence-electron chi connectivity index (χ2n) is 22.3. The van der Waals surface area contributed by atoms with E-state index in [-0.39, 0.29) is 77.3 Å². The number of ketones is 1. The zero-order chi connectivity index (χ0) is 65.2. The smallest absolute Gasteiger partial charge is 0.411 e. The predicted octanol–water partition coefficient (Wildman–Crippen LogP) is 2.57. The molecule has 0 saturated carbocycles. The number of rotatable bonds is 24. The van der Waals surface area contributed by atoms with Crippen molar-refractivity contribution < 1.29 is 106 Å². The molecule has 4 aliphatic heterocycles. The number of aliphatic hydroxyl groups is 5. The molecule has 4 saturated heterocycles. The van der Waals surface area contributed by atoms with Crippen LogP contribution in [0, 0.1) is 34.2 Å². The molecule has 4 heterocycles. The first kappa shape index (κ1) is 72.6. The van der Waals surface area contributed by atoms with Crippen molar-refractivity contribution in [3.63, 3.8) is 0 Å². The number of carbonyl (C=O) groups excluding carboxylic acids is 4.